The molecule has 184 valence electrons. The van der Waals surface area contributed by atoms with E-state index in [9.17, 15) is 9.59 Å². The van der Waals surface area contributed by atoms with E-state index in [0.29, 0.717) is 34.1 Å². The number of hydrogen-bond acceptors (Lipinski definition) is 3. The molecule has 2 aliphatic heterocycles. The number of amides is 2. The molecule has 2 aromatic carbocycles. The molecule has 2 heterocycles. The van der Waals surface area contributed by atoms with Crippen LogP contribution in [0.1, 0.15) is 62.5 Å². The van der Waals surface area contributed by atoms with Crippen LogP contribution < -0.4 is 0 Å². The third-order valence-electron chi connectivity index (χ3n) is 6.76. The molecule has 2 amide bonds. The standard InChI is InChI=1S/C29H33ClN2O3/c1-31-26(21-13-9-8-10-14-21)24-25(28(31)34)27(22-15-17-23(30)18-16-22)32(29(24)35)19-11-6-4-2-3-5-7-12-20-33/h8-10,13-18,33H,2-7,11-12,19-20H2,1H3. The topological polar surface area (TPSA) is 60.9 Å². The van der Waals surface area contributed by atoms with E-state index < -0.39 is 0 Å². The number of hydrogen-bond donors (Lipinski definition) is 1. The number of carbonyl (C=O) groups is 2. The fraction of sp³-hybridized carbons (Fsp3) is 0.379. The van der Waals surface area contributed by atoms with Crippen LogP contribution in [-0.4, -0.2) is 46.9 Å². The largest absolute Gasteiger partial charge is 0.396 e. The highest BCUT2D eigenvalue weighted by Gasteiger charge is 2.47. The van der Waals surface area contributed by atoms with Crippen molar-refractivity contribution in [3.8, 4) is 0 Å². The summed E-state index contributed by atoms with van der Waals surface area (Å²) in [7, 11) is 1.74. The zero-order valence-corrected chi connectivity index (χ0v) is 21.1. The Bertz CT molecular complexity index is 1120. The van der Waals surface area contributed by atoms with Crippen molar-refractivity contribution in [3.63, 3.8) is 0 Å². The average Bonchev–Trinajstić information content (AvgIpc) is 3.30. The second-order valence-electron chi connectivity index (χ2n) is 9.19. The second kappa shape index (κ2) is 11.7. The van der Waals surface area contributed by atoms with Crippen LogP contribution >= 0.6 is 11.6 Å². The molecule has 1 N–H and O–H groups in total. The fourth-order valence-corrected chi connectivity index (χ4v) is 5.09. The Balaban J connectivity index is 1.57. The summed E-state index contributed by atoms with van der Waals surface area (Å²) >= 11 is 6.13. The molecule has 6 heteroatoms. The molecule has 2 aliphatic rings. The average molecular weight is 493 g/mol. The Hall–Kier alpha value is -2.89. The van der Waals surface area contributed by atoms with E-state index in [0.717, 1.165) is 56.1 Å². The van der Waals surface area contributed by atoms with Crippen molar-refractivity contribution in [2.75, 3.05) is 20.2 Å². The summed E-state index contributed by atoms with van der Waals surface area (Å²) in [5.41, 5.74) is 4.04. The highest BCUT2D eigenvalue weighted by molar-refractivity contribution is 6.31. The lowest BCUT2D eigenvalue weighted by Gasteiger charge is -2.23. The predicted molar refractivity (Wildman–Crippen MR) is 140 cm³/mol. The maximum Gasteiger partial charge on any atom is 0.261 e. The molecular formula is C29H33ClN2O3. The highest BCUT2D eigenvalue weighted by Crippen LogP contribution is 2.46. The van der Waals surface area contributed by atoms with Crippen molar-refractivity contribution >= 4 is 34.8 Å². The maximum absolute atomic E-state index is 13.8. The van der Waals surface area contributed by atoms with Crippen LogP contribution in [0.4, 0.5) is 0 Å². The van der Waals surface area contributed by atoms with Gasteiger partial charge in [0.25, 0.3) is 11.8 Å². The van der Waals surface area contributed by atoms with Crippen molar-refractivity contribution < 1.29 is 14.7 Å². The summed E-state index contributed by atoms with van der Waals surface area (Å²) in [4.78, 5) is 30.6. The molecule has 4 rings (SSSR count). The molecular weight excluding hydrogens is 460 g/mol. The molecule has 0 spiro atoms. The Morgan fingerprint density at radius 2 is 1.23 bits per heavy atom. The van der Waals surface area contributed by atoms with E-state index >= 15 is 0 Å². The van der Waals surface area contributed by atoms with Crippen LogP contribution in [0.15, 0.2) is 65.7 Å². The minimum Gasteiger partial charge on any atom is -0.396 e. The molecule has 0 unspecified atom stereocenters. The van der Waals surface area contributed by atoms with Gasteiger partial charge in [-0.05, 0) is 36.1 Å². The number of halogens is 1. The zero-order valence-electron chi connectivity index (χ0n) is 20.3. The maximum atomic E-state index is 13.8. The highest BCUT2D eigenvalue weighted by atomic mass is 35.5. The lowest BCUT2D eigenvalue weighted by molar-refractivity contribution is -0.123. The predicted octanol–water partition coefficient (Wildman–Crippen LogP) is 5.89. The first-order chi connectivity index (χ1) is 17.0. The first-order valence-corrected chi connectivity index (χ1v) is 12.9. The van der Waals surface area contributed by atoms with Gasteiger partial charge in [-0.15, -0.1) is 0 Å². The number of nitrogens with zero attached hydrogens (tertiary/aromatic N) is 2. The lowest BCUT2D eigenvalue weighted by Crippen LogP contribution is -2.29. The number of carbonyl (C=O) groups excluding carboxylic acids is 2. The van der Waals surface area contributed by atoms with Crippen LogP contribution in [0, 0.1) is 0 Å². The van der Waals surface area contributed by atoms with Crippen molar-refractivity contribution in [2.24, 2.45) is 0 Å². The lowest BCUT2D eigenvalue weighted by atomic mass is 10.0. The van der Waals surface area contributed by atoms with Crippen LogP contribution in [0.5, 0.6) is 0 Å². The number of rotatable bonds is 12. The number of likely N-dealkylation sites (N-methyl/N-ethyl adjacent to an activating group) is 1. The molecule has 0 fully saturated rings. The third-order valence-corrected chi connectivity index (χ3v) is 7.01. The first-order valence-electron chi connectivity index (χ1n) is 12.6. The smallest absolute Gasteiger partial charge is 0.261 e. The Labute approximate surface area is 212 Å². The summed E-state index contributed by atoms with van der Waals surface area (Å²) in [6, 6.07) is 17.0. The SMILES string of the molecule is CN1C(=O)C2=C(c3ccc(Cl)cc3)N(CCCCCCCCCCO)C(=O)C2=C1c1ccccc1. The molecule has 0 saturated heterocycles. The fourth-order valence-electron chi connectivity index (χ4n) is 4.96. The Morgan fingerprint density at radius 1 is 0.686 bits per heavy atom. The quantitative estimate of drug-likeness (QED) is 0.376. The van der Waals surface area contributed by atoms with E-state index in [1.165, 1.54) is 6.42 Å². The molecule has 0 aromatic heterocycles. The van der Waals surface area contributed by atoms with E-state index in [-0.39, 0.29) is 18.4 Å². The molecule has 0 saturated carbocycles. The van der Waals surface area contributed by atoms with Gasteiger partial charge in [0.1, 0.15) is 0 Å². The monoisotopic (exact) mass is 492 g/mol. The molecule has 0 atom stereocenters. The van der Waals surface area contributed by atoms with Gasteiger partial charge < -0.3 is 14.9 Å². The van der Waals surface area contributed by atoms with Gasteiger partial charge in [-0.25, -0.2) is 0 Å². The Kier molecular flexibility index (Phi) is 8.42. The second-order valence-corrected chi connectivity index (χ2v) is 9.63. The van der Waals surface area contributed by atoms with E-state index in [1.807, 2.05) is 42.5 Å². The van der Waals surface area contributed by atoms with Gasteiger partial charge >= 0.3 is 0 Å². The first kappa shape index (κ1) is 25.2. The summed E-state index contributed by atoms with van der Waals surface area (Å²) in [5.74, 6) is -0.256. The normalized spacial score (nSPS) is 15.6. The number of fused-ring (bicyclic) bond motifs is 1. The van der Waals surface area contributed by atoms with Crippen molar-refractivity contribution in [1.82, 2.24) is 9.80 Å². The van der Waals surface area contributed by atoms with Gasteiger partial charge in [0, 0.05) is 25.2 Å². The van der Waals surface area contributed by atoms with Crippen molar-refractivity contribution in [1.29, 1.82) is 0 Å². The third kappa shape index (κ3) is 5.36. The van der Waals surface area contributed by atoms with Gasteiger partial charge in [0.05, 0.1) is 22.5 Å². The molecule has 0 bridgehead atoms. The van der Waals surface area contributed by atoms with Gasteiger partial charge in [-0.3, -0.25) is 9.59 Å². The van der Waals surface area contributed by atoms with Crippen LogP contribution in [0.25, 0.3) is 11.4 Å². The summed E-state index contributed by atoms with van der Waals surface area (Å²) in [5, 5.41) is 9.50. The molecule has 35 heavy (non-hydrogen) atoms. The van der Waals surface area contributed by atoms with Crippen molar-refractivity contribution in [2.45, 2.75) is 51.4 Å². The zero-order chi connectivity index (χ0) is 24.8. The number of benzene rings is 2. The minimum absolute atomic E-state index is 0.106. The van der Waals surface area contributed by atoms with E-state index in [1.54, 1.807) is 29.0 Å². The van der Waals surface area contributed by atoms with Gasteiger partial charge in [0.15, 0.2) is 0 Å². The van der Waals surface area contributed by atoms with E-state index in [4.69, 9.17) is 16.7 Å². The van der Waals surface area contributed by atoms with Crippen molar-refractivity contribution in [3.05, 3.63) is 81.9 Å². The minimum atomic E-state index is -0.150. The molecule has 5 nitrogen and oxygen atoms in total. The molecule has 2 aromatic rings. The Morgan fingerprint density at radius 3 is 1.86 bits per heavy atom. The summed E-state index contributed by atoms with van der Waals surface area (Å²) < 4.78 is 0. The summed E-state index contributed by atoms with van der Waals surface area (Å²) in [6.07, 6.45) is 8.49. The van der Waals surface area contributed by atoms with Gasteiger partial charge in [-0.1, -0.05) is 92.6 Å². The molecule has 0 radical (unpaired) electrons. The van der Waals surface area contributed by atoms with Crippen LogP contribution in [0.2, 0.25) is 5.02 Å². The van der Waals surface area contributed by atoms with E-state index in [2.05, 4.69) is 0 Å². The number of aliphatic hydroxyl groups is 1. The van der Waals surface area contributed by atoms with Gasteiger partial charge in [0.2, 0.25) is 0 Å². The number of unbranched alkanes of at least 4 members (excludes halogenated alkanes) is 7. The van der Waals surface area contributed by atoms with Crippen LogP contribution in [-0.2, 0) is 9.59 Å². The van der Waals surface area contributed by atoms with Gasteiger partial charge in [-0.2, -0.15) is 0 Å². The summed E-state index contributed by atoms with van der Waals surface area (Å²) in [6.45, 7) is 0.851. The van der Waals surface area contributed by atoms with Crippen LogP contribution in [0.3, 0.4) is 0 Å². The molecule has 0 aliphatic carbocycles. The number of aliphatic hydroxyl groups excluding tert-OH is 1.